The summed E-state index contributed by atoms with van der Waals surface area (Å²) in [6, 6.07) is 1.98. The third-order valence-corrected chi connectivity index (χ3v) is 3.71. The molecule has 0 spiro atoms. The first kappa shape index (κ1) is 13.6. The number of piperidine rings is 1. The Labute approximate surface area is 111 Å². The van der Waals surface area contributed by atoms with E-state index in [4.69, 9.17) is 11.6 Å². The Kier molecular flexibility index (Phi) is 4.40. The van der Waals surface area contributed by atoms with E-state index in [1.165, 1.54) is 0 Å². The van der Waals surface area contributed by atoms with Crippen molar-refractivity contribution in [2.24, 2.45) is 5.92 Å². The maximum atomic E-state index is 13.5. The van der Waals surface area contributed by atoms with Crippen molar-refractivity contribution in [2.45, 2.75) is 12.8 Å². The molecule has 2 rings (SSSR count). The summed E-state index contributed by atoms with van der Waals surface area (Å²) in [5.74, 6) is -0.767. The molecule has 0 unspecified atom stereocenters. The topological polar surface area (TPSA) is 15.3 Å². The van der Waals surface area contributed by atoms with Gasteiger partial charge in [-0.1, -0.05) is 11.6 Å². The van der Waals surface area contributed by atoms with E-state index in [1.807, 2.05) is 0 Å². The molecule has 0 atom stereocenters. The molecule has 100 valence electrons. The average molecular weight is 275 g/mol. The number of nitrogens with zero attached hydrogens (tertiary/aromatic N) is 1. The van der Waals surface area contributed by atoms with Gasteiger partial charge in [0.25, 0.3) is 0 Å². The van der Waals surface area contributed by atoms with E-state index in [1.54, 1.807) is 0 Å². The summed E-state index contributed by atoms with van der Waals surface area (Å²) in [5, 5.41) is 3.10. The number of anilines is 1. The Bertz CT molecular complexity index is 394. The molecule has 0 radical (unpaired) electrons. The summed E-state index contributed by atoms with van der Waals surface area (Å²) in [7, 11) is 2.10. The predicted molar refractivity (Wildman–Crippen MR) is 70.1 cm³/mol. The van der Waals surface area contributed by atoms with Crippen LogP contribution in [0.5, 0.6) is 0 Å². The number of halogens is 3. The van der Waals surface area contributed by atoms with Crippen LogP contribution in [0, 0.1) is 17.6 Å². The third-order valence-electron chi connectivity index (χ3n) is 3.41. The molecule has 0 amide bonds. The molecule has 1 fully saturated rings. The third kappa shape index (κ3) is 3.33. The Morgan fingerprint density at radius 1 is 1.33 bits per heavy atom. The van der Waals surface area contributed by atoms with E-state index < -0.39 is 11.6 Å². The van der Waals surface area contributed by atoms with E-state index in [0.717, 1.165) is 38.1 Å². The molecule has 2 nitrogen and oxygen atoms in total. The van der Waals surface area contributed by atoms with Crippen LogP contribution in [0.15, 0.2) is 12.1 Å². The second-order valence-corrected chi connectivity index (χ2v) is 5.28. The van der Waals surface area contributed by atoms with Gasteiger partial charge in [-0.15, -0.1) is 0 Å². The maximum Gasteiger partial charge on any atom is 0.150 e. The lowest BCUT2D eigenvalue weighted by Gasteiger charge is -2.29. The minimum Gasteiger partial charge on any atom is -0.381 e. The summed E-state index contributed by atoms with van der Waals surface area (Å²) >= 11 is 5.82. The Balaban J connectivity index is 1.94. The molecule has 0 aromatic heterocycles. The number of likely N-dealkylation sites (tertiary alicyclic amines) is 1. The number of benzene rings is 1. The minimum atomic E-state index is -0.651. The van der Waals surface area contributed by atoms with Crippen molar-refractivity contribution in [3.63, 3.8) is 0 Å². The highest BCUT2D eigenvalue weighted by atomic mass is 35.5. The van der Waals surface area contributed by atoms with E-state index >= 15 is 0 Å². The molecule has 5 heteroatoms. The first-order chi connectivity index (χ1) is 8.56. The molecule has 0 saturated carbocycles. The van der Waals surface area contributed by atoms with Gasteiger partial charge in [-0.2, -0.15) is 0 Å². The highest BCUT2D eigenvalue weighted by molar-refractivity contribution is 6.33. The van der Waals surface area contributed by atoms with Crippen LogP contribution >= 0.6 is 11.6 Å². The Morgan fingerprint density at radius 2 is 2.00 bits per heavy atom. The van der Waals surface area contributed by atoms with Crippen LogP contribution in [0.1, 0.15) is 12.8 Å². The summed E-state index contributed by atoms with van der Waals surface area (Å²) in [6.07, 6.45) is 2.17. The standard InChI is InChI=1S/C13H17ClF2N2/c1-18-4-2-9(3-5-18)8-17-13-11(14)6-10(15)7-12(13)16/h6-7,9,17H,2-5,8H2,1H3. The monoisotopic (exact) mass is 274 g/mol. The van der Waals surface area contributed by atoms with Gasteiger partial charge in [0.1, 0.15) is 5.82 Å². The van der Waals surface area contributed by atoms with Crippen LogP contribution in [0.25, 0.3) is 0 Å². The molecular formula is C13H17ClF2N2. The molecule has 18 heavy (non-hydrogen) atoms. The van der Waals surface area contributed by atoms with Crippen molar-refractivity contribution in [1.29, 1.82) is 0 Å². The second-order valence-electron chi connectivity index (χ2n) is 4.87. The largest absolute Gasteiger partial charge is 0.381 e. The van der Waals surface area contributed by atoms with Crippen LogP contribution in [0.2, 0.25) is 5.02 Å². The van der Waals surface area contributed by atoms with E-state index in [-0.39, 0.29) is 10.7 Å². The highest BCUT2D eigenvalue weighted by Crippen LogP contribution is 2.27. The Hall–Kier alpha value is -0.870. The molecule has 0 aliphatic carbocycles. The van der Waals surface area contributed by atoms with E-state index in [0.29, 0.717) is 12.5 Å². The molecule has 1 aromatic rings. The zero-order chi connectivity index (χ0) is 13.1. The second kappa shape index (κ2) is 5.85. The quantitative estimate of drug-likeness (QED) is 0.909. The molecule has 1 aliphatic rings. The van der Waals surface area contributed by atoms with Gasteiger partial charge in [-0.25, -0.2) is 8.78 Å². The SMILES string of the molecule is CN1CCC(CNc2c(F)cc(F)cc2Cl)CC1. The van der Waals surface area contributed by atoms with Crippen LogP contribution < -0.4 is 5.32 Å². The van der Waals surface area contributed by atoms with Crippen molar-refractivity contribution in [3.05, 3.63) is 28.8 Å². The van der Waals surface area contributed by atoms with Gasteiger partial charge in [0.15, 0.2) is 5.82 Å². The van der Waals surface area contributed by atoms with Crippen LogP contribution in [-0.4, -0.2) is 31.6 Å². The lowest BCUT2D eigenvalue weighted by Crippen LogP contribution is -2.33. The first-order valence-corrected chi connectivity index (χ1v) is 6.51. The van der Waals surface area contributed by atoms with Crippen molar-refractivity contribution < 1.29 is 8.78 Å². The normalized spacial score (nSPS) is 18.0. The fraction of sp³-hybridized carbons (Fsp3) is 0.538. The molecule has 1 saturated heterocycles. The van der Waals surface area contributed by atoms with Gasteiger partial charge in [-0.3, -0.25) is 0 Å². The molecule has 1 N–H and O–H groups in total. The molecule has 1 heterocycles. The summed E-state index contributed by atoms with van der Waals surface area (Å²) < 4.78 is 26.4. The minimum absolute atomic E-state index is 0.0976. The lowest BCUT2D eigenvalue weighted by molar-refractivity contribution is 0.226. The van der Waals surface area contributed by atoms with Crippen LogP contribution in [0.4, 0.5) is 14.5 Å². The maximum absolute atomic E-state index is 13.5. The van der Waals surface area contributed by atoms with Crippen LogP contribution in [-0.2, 0) is 0 Å². The van der Waals surface area contributed by atoms with Crippen LogP contribution in [0.3, 0.4) is 0 Å². The van der Waals surface area contributed by atoms with Crippen molar-refractivity contribution in [2.75, 3.05) is 32.0 Å². The van der Waals surface area contributed by atoms with Gasteiger partial charge in [0.2, 0.25) is 0 Å². The summed E-state index contributed by atoms with van der Waals surface area (Å²) in [5.41, 5.74) is 0.206. The van der Waals surface area contributed by atoms with E-state index in [9.17, 15) is 8.78 Å². The van der Waals surface area contributed by atoms with Crippen molar-refractivity contribution in [1.82, 2.24) is 4.90 Å². The lowest BCUT2D eigenvalue weighted by atomic mass is 9.97. The fourth-order valence-corrected chi connectivity index (χ4v) is 2.48. The molecule has 1 aliphatic heterocycles. The zero-order valence-electron chi connectivity index (χ0n) is 10.3. The number of rotatable bonds is 3. The van der Waals surface area contributed by atoms with Crippen molar-refractivity contribution >= 4 is 17.3 Å². The summed E-state index contributed by atoms with van der Waals surface area (Å²) in [6.45, 7) is 2.80. The van der Waals surface area contributed by atoms with E-state index in [2.05, 4.69) is 17.3 Å². The molecule has 1 aromatic carbocycles. The summed E-state index contributed by atoms with van der Waals surface area (Å²) in [4.78, 5) is 2.28. The molecule has 0 bridgehead atoms. The molecular weight excluding hydrogens is 258 g/mol. The van der Waals surface area contributed by atoms with Gasteiger partial charge >= 0.3 is 0 Å². The Morgan fingerprint density at radius 3 is 2.61 bits per heavy atom. The smallest absolute Gasteiger partial charge is 0.150 e. The number of hydrogen-bond donors (Lipinski definition) is 1. The van der Waals surface area contributed by atoms with Gasteiger partial charge in [0.05, 0.1) is 10.7 Å². The fourth-order valence-electron chi connectivity index (χ4n) is 2.22. The van der Waals surface area contributed by atoms with Crippen molar-refractivity contribution in [3.8, 4) is 0 Å². The zero-order valence-corrected chi connectivity index (χ0v) is 11.1. The first-order valence-electron chi connectivity index (χ1n) is 6.13. The predicted octanol–water partition coefficient (Wildman–Crippen LogP) is 3.37. The van der Waals surface area contributed by atoms with Gasteiger partial charge in [0, 0.05) is 12.6 Å². The average Bonchev–Trinajstić information content (AvgIpc) is 2.30. The highest BCUT2D eigenvalue weighted by Gasteiger charge is 2.17. The number of hydrogen-bond acceptors (Lipinski definition) is 2. The van der Waals surface area contributed by atoms with Gasteiger partial charge < -0.3 is 10.2 Å². The van der Waals surface area contributed by atoms with Gasteiger partial charge in [-0.05, 0) is 45.0 Å². The number of nitrogens with one attached hydrogen (secondary N) is 1.